The van der Waals surface area contributed by atoms with Gasteiger partial charge in [-0.15, -0.1) is 0 Å². The van der Waals surface area contributed by atoms with E-state index in [4.69, 9.17) is 4.74 Å². The van der Waals surface area contributed by atoms with Crippen molar-refractivity contribution in [2.75, 3.05) is 20.2 Å². The molecule has 1 atom stereocenters. The van der Waals surface area contributed by atoms with Crippen LogP contribution < -0.4 is 10.1 Å². The van der Waals surface area contributed by atoms with E-state index in [1.54, 1.807) is 14.0 Å². The van der Waals surface area contributed by atoms with Gasteiger partial charge in [0.05, 0.1) is 6.61 Å². The average Bonchev–Trinajstić information content (AvgIpc) is 2.27. The van der Waals surface area contributed by atoms with Crippen molar-refractivity contribution < 1.29 is 22.3 Å². The van der Waals surface area contributed by atoms with Gasteiger partial charge in [0, 0.05) is 18.5 Å². The summed E-state index contributed by atoms with van der Waals surface area (Å²) in [5.74, 6) is -7.03. The normalized spacial score (nSPS) is 12.6. The predicted molar refractivity (Wildman–Crippen MR) is 54.9 cm³/mol. The molecule has 0 aliphatic carbocycles. The van der Waals surface area contributed by atoms with Gasteiger partial charge >= 0.3 is 0 Å². The monoisotopic (exact) mass is 251 g/mol. The third-order valence-electron chi connectivity index (χ3n) is 2.14. The minimum atomic E-state index is -1.51. The third kappa shape index (κ3) is 3.33. The molecule has 0 spiro atoms. The average molecular weight is 251 g/mol. The molecule has 2 nitrogen and oxygen atoms in total. The number of hydrogen-bond acceptors (Lipinski definition) is 2. The van der Waals surface area contributed by atoms with Gasteiger partial charge in [0.1, 0.15) is 0 Å². The van der Waals surface area contributed by atoms with Crippen LogP contribution in [0.2, 0.25) is 0 Å². The van der Waals surface area contributed by atoms with Crippen molar-refractivity contribution in [1.82, 2.24) is 5.32 Å². The van der Waals surface area contributed by atoms with Crippen molar-refractivity contribution in [2.24, 2.45) is 5.92 Å². The quantitative estimate of drug-likeness (QED) is 0.641. The highest BCUT2D eigenvalue weighted by atomic mass is 19.2. The Morgan fingerprint density at radius 2 is 1.71 bits per heavy atom. The van der Waals surface area contributed by atoms with Crippen LogP contribution in [0.1, 0.15) is 6.92 Å². The van der Waals surface area contributed by atoms with E-state index in [2.05, 4.69) is 5.32 Å². The molecule has 6 heteroatoms. The van der Waals surface area contributed by atoms with Crippen molar-refractivity contribution in [3.05, 3.63) is 29.3 Å². The van der Waals surface area contributed by atoms with Crippen LogP contribution in [0.4, 0.5) is 17.6 Å². The number of halogens is 4. The first-order chi connectivity index (χ1) is 7.97. The molecule has 17 heavy (non-hydrogen) atoms. The topological polar surface area (TPSA) is 21.3 Å². The smallest absolute Gasteiger partial charge is 0.203 e. The lowest BCUT2D eigenvalue weighted by Gasteiger charge is -2.13. The molecule has 1 aromatic rings. The van der Waals surface area contributed by atoms with Crippen LogP contribution in [0, 0.1) is 29.2 Å². The van der Waals surface area contributed by atoms with Crippen LogP contribution in [0.15, 0.2) is 6.07 Å². The fourth-order valence-corrected chi connectivity index (χ4v) is 1.31. The van der Waals surface area contributed by atoms with Crippen molar-refractivity contribution in [3.8, 4) is 5.75 Å². The molecule has 0 bridgehead atoms. The lowest BCUT2D eigenvalue weighted by atomic mass is 10.2. The highest BCUT2D eigenvalue weighted by Gasteiger charge is 2.20. The molecule has 0 saturated carbocycles. The summed E-state index contributed by atoms with van der Waals surface area (Å²) in [4.78, 5) is 0. The summed E-state index contributed by atoms with van der Waals surface area (Å²) >= 11 is 0. The van der Waals surface area contributed by atoms with E-state index in [0.29, 0.717) is 6.54 Å². The van der Waals surface area contributed by atoms with Gasteiger partial charge in [-0.3, -0.25) is 0 Å². The van der Waals surface area contributed by atoms with E-state index in [1.165, 1.54) is 0 Å². The fourth-order valence-electron chi connectivity index (χ4n) is 1.31. The largest absolute Gasteiger partial charge is 0.487 e. The van der Waals surface area contributed by atoms with Gasteiger partial charge in [-0.05, 0) is 7.05 Å². The minimum Gasteiger partial charge on any atom is -0.487 e. The van der Waals surface area contributed by atoms with Crippen LogP contribution in [-0.2, 0) is 0 Å². The Balaban J connectivity index is 2.83. The molecule has 0 heterocycles. The molecular weight excluding hydrogens is 238 g/mol. The fraction of sp³-hybridized carbons (Fsp3) is 0.455. The Labute approximate surface area is 96.6 Å². The molecule has 96 valence electrons. The van der Waals surface area contributed by atoms with Crippen LogP contribution in [0.3, 0.4) is 0 Å². The Kier molecular flexibility index (Phi) is 4.74. The molecule has 1 aromatic carbocycles. The van der Waals surface area contributed by atoms with Gasteiger partial charge in [-0.1, -0.05) is 6.92 Å². The SMILES string of the molecule is CNCC(C)COc1c(F)c(F)cc(F)c1F. The molecule has 0 fully saturated rings. The van der Waals surface area contributed by atoms with E-state index in [0.717, 1.165) is 0 Å². The molecule has 0 aliphatic heterocycles. The molecule has 1 rings (SSSR count). The van der Waals surface area contributed by atoms with Crippen molar-refractivity contribution in [3.63, 3.8) is 0 Å². The molecule has 0 amide bonds. The molecule has 0 aliphatic rings. The standard InChI is InChI=1S/C11H13F4NO/c1-6(4-16-2)5-17-11-9(14)7(12)3-8(13)10(11)15/h3,6,16H,4-5H2,1-2H3. The summed E-state index contributed by atoms with van der Waals surface area (Å²) in [5, 5.41) is 2.84. The zero-order valence-electron chi connectivity index (χ0n) is 9.49. The maximum absolute atomic E-state index is 13.2. The van der Waals surface area contributed by atoms with Crippen molar-refractivity contribution >= 4 is 0 Å². The van der Waals surface area contributed by atoms with Gasteiger partial charge in [0.25, 0.3) is 0 Å². The molecule has 0 saturated heterocycles. The Hall–Kier alpha value is -1.30. The molecule has 0 radical (unpaired) electrons. The zero-order chi connectivity index (χ0) is 13.0. The highest BCUT2D eigenvalue weighted by molar-refractivity contribution is 5.28. The van der Waals surface area contributed by atoms with Gasteiger partial charge in [0.2, 0.25) is 11.6 Å². The number of nitrogens with one attached hydrogen (secondary N) is 1. The molecule has 1 unspecified atom stereocenters. The molecule has 1 N–H and O–H groups in total. The van der Waals surface area contributed by atoms with E-state index < -0.39 is 29.0 Å². The Morgan fingerprint density at radius 1 is 1.18 bits per heavy atom. The number of ether oxygens (including phenoxy) is 1. The van der Waals surface area contributed by atoms with Gasteiger partial charge in [-0.25, -0.2) is 8.78 Å². The Morgan fingerprint density at radius 3 is 2.18 bits per heavy atom. The van der Waals surface area contributed by atoms with Crippen LogP contribution >= 0.6 is 0 Å². The summed E-state index contributed by atoms with van der Waals surface area (Å²) in [5.41, 5.74) is 0. The summed E-state index contributed by atoms with van der Waals surface area (Å²) in [7, 11) is 1.71. The first-order valence-corrected chi connectivity index (χ1v) is 5.07. The van der Waals surface area contributed by atoms with E-state index in [1.807, 2.05) is 0 Å². The van der Waals surface area contributed by atoms with Gasteiger partial charge < -0.3 is 10.1 Å². The number of benzene rings is 1. The lowest BCUT2D eigenvalue weighted by Crippen LogP contribution is -2.22. The van der Waals surface area contributed by atoms with Crippen LogP contribution in [-0.4, -0.2) is 20.2 Å². The molecule has 0 aromatic heterocycles. The van der Waals surface area contributed by atoms with E-state index >= 15 is 0 Å². The second kappa shape index (κ2) is 5.86. The number of rotatable bonds is 5. The third-order valence-corrected chi connectivity index (χ3v) is 2.14. The first-order valence-electron chi connectivity index (χ1n) is 5.07. The van der Waals surface area contributed by atoms with Crippen molar-refractivity contribution in [2.45, 2.75) is 6.92 Å². The maximum Gasteiger partial charge on any atom is 0.203 e. The lowest BCUT2D eigenvalue weighted by molar-refractivity contribution is 0.229. The van der Waals surface area contributed by atoms with Crippen molar-refractivity contribution in [1.29, 1.82) is 0 Å². The van der Waals surface area contributed by atoms with Gasteiger partial charge in [-0.2, -0.15) is 8.78 Å². The highest BCUT2D eigenvalue weighted by Crippen LogP contribution is 2.26. The predicted octanol–water partition coefficient (Wildman–Crippen LogP) is 2.48. The number of hydrogen-bond donors (Lipinski definition) is 1. The summed E-state index contributed by atoms with van der Waals surface area (Å²) in [6.07, 6.45) is 0. The summed E-state index contributed by atoms with van der Waals surface area (Å²) < 4.78 is 56.7. The van der Waals surface area contributed by atoms with Crippen LogP contribution in [0.25, 0.3) is 0 Å². The Bertz CT molecular complexity index is 371. The maximum atomic E-state index is 13.2. The minimum absolute atomic E-state index is 0.0441. The summed E-state index contributed by atoms with van der Waals surface area (Å²) in [6.45, 7) is 2.28. The summed E-state index contributed by atoms with van der Waals surface area (Å²) in [6, 6.07) is 0.147. The van der Waals surface area contributed by atoms with Crippen LogP contribution in [0.5, 0.6) is 5.75 Å². The van der Waals surface area contributed by atoms with E-state index in [9.17, 15) is 17.6 Å². The second-order valence-electron chi connectivity index (χ2n) is 3.77. The molecular formula is C11H13F4NO. The second-order valence-corrected chi connectivity index (χ2v) is 3.77. The first kappa shape index (κ1) is 13.8. The zero-order valence-corrected chi connectivity index (χ0v) is 9.49. The van der Waals surface area contributed by atoms with E-state index in [-0.39, 0.29) is 18.6 Å². The van der Waals surface area contributed by atoms with Gasteiger partial charge in [0.15, 0.2) is 17.4 Å².